The van der Waals surface area contributed by atoms with Gasteiger partial charge < -0.3 is 4.74 Å². The maximum absolute atomic E-state index is 11.0. The van der Waals surface area contributed by atoms with Gasteiger partial charge in [-0.3, -0.25) is 0 Å². The Labute approximate surface area is 80.0 Å². The van der Waals surface area contributed by atoms with E-state index in [0.717, 1.165) is 19.3 Å². The summed E-state index contributed by atoms with van der Waals surface area (Å²) in [4.78, 5) is 11.0. The molecule has 0 radical (unpaired) electrons. The molecule has 2 nitrogen and oxygen atoms in total. The van der Waals surface area contributed by atoms with Gasteiger partial charge in [0.25, 0.3) is 0 Å². The lowest BCUT2D eigenvalue weighted by molar-refractivity contribution is -0.137. The minimum absolute atomic E-state index is 0.248. The third-order valence-electron chi connectivity index (χ3n) is 1.42. The fraction of sp³-hybridized carbons (Fsp3) is 0.545. The van der Waals surface area contributed by atoms with Gasteiger partial charge >= 0.3 is 5.97 Å². The molecule has 0 amide bonds. The average molecular weight is 180 g/mol. The monoisotopic (exact) mass is 180 g/mol. The molecule has 0 saturated carbocycles. The molecule has 0 atom stereocenters. The number of ether oxygens (including phenoxy) is 1. The maximum atomic E-state index is 11.0. The number of hydrogen-bond acceptors (Lipinski definition) is 2. The van der Waals surface area contributed by atoms with Gasteiger partial charge in [0.2, 0.25) is 0 Å². The molecule has 2 heteroatoms. The minimum atomic E-state index is -0.411. The van der Waals surface area contributed by atoms with E-state index in [1.165, 1.54) is 0 Å². The highest BCUT2D eigenvalue weighted by Gasteiger charge is 2.02. The van der Waals surface area contributed by atoms with Crippen LogP contribution in [0.15, 0.2) is 12.2 Å². The summed E-state index contributed by atoms with van der Waals surface area (Å²) in [6.45, 7) is 7.75. The van der Waals surface area contributed by atoms with E-state index >= 15 is 0 Å². The van der Waals surface area contributed by atoms with Gasteiger partial charge in [-0.2, -0.15) is 0 Å². The number of unbranched alkanes of at least 4 members (excludes halogenated alkanes) is 2. The fourth-order valence-electron chi connectivity index (χ4n) is 0.704. The summed E-state index contributed by atoms with van der Waals surface area (Å²) < 4.78 is 4.72. The molecule has 0 aromatic rings. The highest BCUT2D eigenvalue weighted by atomic mass is 16.5. The van der Waals surface area contributed by atoms with Crippen molar-refractivity contribution in [3.05, 3.63) is 12.2 Å². The molecule has 0 N–H and O–H groups in total. The Balaban J connectivity index is 3.82. The first-order chi connectivity index (χ1) is 6.22. The molecular formula is C11H16O2. The van der Waals surface area contributed by atoms with Crippen molar-refractivity contribution in [2.75, 3.05) is 6.61 Å². The van der Waals surface area contributed by atoms with E-state index in [-0.39, 0.29) is 5.57 Å². The van der Waals surface area contributed by atoms with Crippen molar-refractivity contribution in [3.63, 3.8) is 0 Å². The molecule has 0 aliphatic heterocycles. The highest BCUT2D eigenvalue weighted by molar-refractivity contribution is 5.92. The molecule has 0 aromatic heterocycles. The van der Waals surface area contributed by atoms with Crippen LogP contribution < -0.4 is 0 Å². The quantitative estimate of drug-likeness (QED) is 0.287. The van der Waals surface area contributed by atoms with Gasteiger partial charge in [0.1, 0.15) is 5.57 Å². The van der Waals surface area contributed by atoms with Crippen LogP contribution in [0.4, 0.5) is 0 Å². The van der Waals surface area contributed by atoms with Crippen molar-refractivity contribution in [1.29, 1.82) is 0 Å². The molecule has 0 rings (SSSR count). The summed E-state index contributed by atoms with van der Waals surface area (Å²) in [5, 5.41) is 0. The standard InChI is InChI=1S/C11H16O2/c1-4-6-7-8-9-10(3)11(12)13-5-2/h3-7H2,1-2H3. The van der Waals surface area contributed by atoms with Crippen molar-refractivity contribution in [3.8, 4) is 11.8 Å². The maximum Gasteiger partial charge on any atom is 0.346 e. The number of carbonyl (C=O) groups is 1. The second kappa shape index (κ2) is 7.42. The van der Waals surface area contributed by atoms with Gasteiger partial charge in [-0.1, -0.05) is 31.8 Å². The molecular weight excluding hydrogens is 164 g/mol. The van der Waals surface area contributed by atoms with Crippen molar-refractivity contribution >= 4 is 5.97 Å². The normalized spacial score (nSPS) is 8.46. The second-order valence-electron chi connectivity index (χ2n) is 2.60. The lowest BCUT2D eigenvalue weighted by Crippen LogP contribution is -2.04. The largest absolute Gasteiger partial charge is 0.462 e. The lowest BCUT2D eigenvalue weighted by atomic mass is 10.2. The topological polar surface area (TPSA) is 26.3 Å². The molecule has 0 aromatic carbocycles. The lowest BCUT2D eigenvalue weighted by Gasteiger charge is -1.97. The zero-order chi connectivity index (χ0) is 10.1. The summed E-state index contributed by atoms with van der Waals surface area (Å²) >= 11 is 0. The first-order valence-electron chi connectivity index (χ1n) is 4.57. The smallest absolute Gasteiger partial charge is 0.346 e. The Bertz CT molecular complexity index is 230. The average Bonchev–Trinajstić information content (AvgIpc) is 2.12. The Morgan fingerprint density at radius 1 is 1.46 bits per heavy atom. The van der Waals surface area contributed by atoms with Crippen LogP contribution in [0, 0.1) is 11.8 Å². The summed E-state index contributed by atoms with van der Waals surface area (Å²) in [6.07, 6.45) is 2.98. The number of esters is 1. The van der Waals surface area contributed by atoms with Gasteiger partial charge in [0, 0.05) is 6.42 Å². The Kier molecular flexibility index (Phi) is 6.72. The molecule has 0 unspecified atom stereocenters. The van der Waals surface area contributed by atoms with Crippen LogP contribution in [0.5, 0.6) is 0 Å². The minimum Gasteiger partial charge on any atom is -0.462 e. The van der Waals surface area contributed by atoms with Crippen LogP contribution in [0.2, 0.25) is 0 Å². The van der Waals surface area contributed by atoms with Crippen molar-refractivity contribution in [2.24, 2.45) is 0 Å². The van der Waals surface area contributed by atoms with E-state index in [9.17, 15) is 4.79 Å². The molecule has 0 spiro atoms. The van der Waals surface area contributed by atoms with E-state index < -0.39 is 5.97 Å². The van der Waals surface area contributed by atoms with Crippen molar-refractivity contribution < 1.29 is 9.53 Å². The van der Waals surface area contributed by atoms with Gasteiger partial charge in [-0.05, 0) is 13.3 Å². The van der Waals surface area contributed by atoms with Gasteiger partial charge in [-0.25, -0.2) is 4.79 Å². The molecule has 0 aliphatic rings. The molecule has 0 bridgehead atoms. The Hall–Kier alpha value is -1.23. The third-order valence-corrected chi connectivity index (χ3v) is 1.42. The van der Waals surface area contributed by atoms with Gasteiger partial charge in [-0.15, -0.1) is 0 Å². The molecule has 13 heavy (non-hydrogen) atoms. The van der Waals surface area contributed by atoms with Crippen molar-refractivity contribution in [1.82, 2.24) is 0 Å². The van der Waals surface area contributed by atoms with E-state index in [0.29, 0.717) is 6.61 Å². The van der Waals surface area contributed by atoms with Gasteiger partial charge in [0.05, 0.1) is 6.61 Å². The zero-order valence-electron chi connectivity index (χ0n) is 8.35. The van der Waals surface area contributed by atoms with E-state index in [1.807, 2.05) is 0 Å². The van der Waals surface area contributed by atoms with Crippen LogP contribution in [-0.2, 0) is 9.53 Å². The van der Waals surface area contributed by atoms with E-state index in [2.05, 4.69) is 25.3 Å². The SMILES string of the molecule is C=C(C#CCCCC)C(=O)OCC. The molecule has 0 heterocycles. The van der Waals surface area contributed by atoms with Crippen LogP contribution in [0.3, 0.4) is 0 Å². The fourth-order valence-corrected chi connectivity index (χ4v) is 0.704. The van der Waals surface area contributed by atoms with Crippen LogP contribution in [0.1, 0.15) is 33.1 Å². The molecule has 0 aliphatic carbocycles. The summed E-state index contributed by atoms with van der Waals surface area (Å²) in [5.41, 5.74) is 0.248. The third kappa shape index (κ3) is 5.98. The molecule has 72 valence electrons. The predicted octanol–water partition coefficient (Wildman–Crippen LogP) is 2.30. The summed E-state index contributed by atoms with van der Waals surface area (Å²) in [6, 6.07) is 0. The zero-order valence-corrected chi connectivity index (χ0v) is 8.35. The van der Waals surface area contributed by atoms with Gasteiger partial charge in [0.15, 0.2) is 0 Å². The second-order valence-corrected chi connectivity index (χ2v) is 2.60. The highest BCUT2D eigenvalue weighted by Crippen LogP contribution is 1.95. The predicted molar refractivity (Wildman–Crippen MR) is 53.1 cm³/mol. The first-order valence-corrected chi connectivity index (χ1v) is 4.57. The molecule has 0 fully saturated rings. The number of hydrogen-bond donors (Lipinski definition) is 0. The van der Waals surface area contributed by atoms with Crippen LogP contribution in [0.25, 0.3) is 0 Å². The summed E-state index contributed by atoms with van der Waals surface area (Å²) in [5.74, 6) is 5.15. The van der Waals surface area contributed by atoms with E-state index in [1.54, 1.807) is 6.92 Å². The van der Waals surface area contributed by atoms with Crippen molar-refractivity contribution in [2.45, 2.75) is 33.1 Å². The Morgan fingerprint density at radius 2 is 2.15 bits per heavy atom. The van der Waals surface area contributed by atoms with E-state index in [4.69, 9.17) is 4.74 Å². The van der Waals surface area contributed by atoms with Crippen LogP contribution in [-0.4, -0.2) is 12.6 Å². The Morgan fingerprint density at radius 3 is 2.69 bits per heavy atom. The number of rotatable bonds is 4. The number of carbonyl (C=O) groups excluding carboxylic acids is 1. The molecule has 0 saturated heterocycles. The summed E-state index contributed by atoms with van der Waals surface area (Å²) in [7, 11) is 0. The first kappa shape index (κ1) is 11.8. The van der Waals surface area contributed by atoms with Crippen LogP contribution >= 0.6 is 0 Å².